The lowest BCUT2D eigenvalue weighted by Crippen LogP contribution is -2.24. The lowest BCUT2D eigenvalue weighted by Gasteiger charge is -2.20. The van der Waals surface area contributed by atoms with Crippen LogP contribution in [0.3, 0.4) is 0 Å². The molecule has 0 aromatic rings. The van der Waals surface area contributed by atoms with Gasteiger partial charge in [-0.05, 0) is 24.4 Å². The molecule has 0 saturated heterocycles. The summed E-state index contributed by atoms with van der Waals surface area (Å²) in [5.41, 5.74) is 1.09. The molecule has 74 valence electrons. The van der Waals surface area contributed by atoms with E-state index in [1.165, 1.54) is 0 Å². The van der Waals surface area contributed by atoms with Crippen LogP contribution < -0.4 is 0 Å². The van der Waals surface area contributed by atoms with Crippen molar-refractivity contribution in [2.75, 3.05) is 0 Å². The average Bonchev–Trinajstić information content (AvgIpc) is 2.13. The Balaban J connectivity index is 4.38. The van der Waals surface area contributed by atoms with E-state index in [4.69, 9.17) is 23.2 Å². The number of alkyl halides is 2. The fraction of sp³-hybridized carbons (Fsp3) is 0.400. The summed E-state index contributed by atoms with van der Waals surface area (Å²) in [6.07, 6.45) is 5.41. The van der Waals surface area contributed by atoms with Crippen LogP contribution in [-0.4, -0.2) is 10.3 Å². The molecule has 0 spiro atoms. The van der Waals surface area contributed by atoms with Crippen molar-refractivity contribution in [1.29, 1.82) is 0 Å². The first-order valence-corrected chi connectivity index (χ1v) is 5.59. The molecule has 0 aromatic carbocycles. The molecule has 3 heteroatoms. The molecule has 0 heterocycles. The van der Waals surface area contributed by atoms with Gasteiger partial charge >= 0.3 is 0 Å². The zero-order valence-electron chi connectivity index (χ0n) is 7.73. The van der Waals surface area contributed by atoms with E-state index in [0.29, 0.717) is 0 Å². The summed E-state index contributed by atoms with van der Waals surface area (Å²) in [5, 5.41) is -0.255. The highest BCUT2D eigenvalue weighted by molar-refractivity contribution is 9.11. The topological polar surface area (TPSA) is 0 Å². The SMILES string of the molecule is C=CC(C)(Cl)C(Cl)C=CC(C)=CBr. The summed E-state index contributed by atoms with van der Waals surface area (Å²) in [4.78, 5) is 1.23. The van der Waals surface area contributed by atoms with Crippen LogP contribution in [0.15, 0.2) is 35.4 Å². The Hall–Kier alpha value is 0.280. The maximum absolute atomic E-state index is 6.07. The van der Waals surface area contributed by atoms with Crippen molar-refractivity contribution in [3.8, 4) is 0 Å². The molecule has 0 nitrogen and oxygen atoms in total. The highest BCUT2D eigenvalue weighted by Crippen LogP contribution is 2.26. The predicted octanol–water partition coefficient (Wildman–Crippen LogP) is 4.63. The maximum atomic E-state index is 6.07. The van der Waals surface area contributed by atoms with E-state index in [9.17, 15) is 0 Å². The third-order valence-corrected chi connectivity index (χ3v) is 3.46. The summed E-state index contributed by atoms with van der Waals surface area (Å²) in [5.74, 6) is 0. The lowest BCUT2D eigenvalue weighted by molar-refractivity contribution is 0.801. The van der Waals surface area contributed by atoms with Crippen LogP contribution >= 0.6 is 39.1 Å². The van der Waals surface area contributed by atoms with E-state index in [2.05, 4.69) is 22.5 Å². The number of halogens is 3. The summed E-state index contributed by atoms with van der Waals surface area (Å²) in [6, 6.07) is 0. The van der Waals surface area contributed by atoms with E-state index in [-0.39, 0.29) is 5.38 Å². The molecule has 13 heavy (non-hydrogen) atoms. The molecule has 0 saturated carbocycles. The Labute approximate surface area is 98.4 Å². The average molecular weight is 284 g/mol. The van der Waals surface area contributed by atoms with Gasteiger partial charge in [-0.3, -0.25) is 0 Å². The molecule has 0 bridgehead atoms. The van der Waals surface area contributed by atoms with Crippen LogP contribution in [0.5, 0.6) is 0 Å². The quantitative estimate of drug-likeness (QED) is 0.401. The second-order valence-electron chi connectivity index (χ2n) is 2.97. The zero-order chi connectivity index (χ0) is 10.5. The van der Waals surface area contributed by atoms with Gasteiger partial charge in [-0.2, -0.15) is 0 Å². The molecule has 0 aliphatic heterocycles. The van der Waals surface area contributed by atoms with E-state index in [1.807, 2.05) is 31.0 Å². The largest absolute Gasteiger partial charge is 0.116 e. The molecule has 0 fully saturated rings. The van der Waals surface area contributed by atoms with Crippen molar-refractivity contribution in [3.05, 3.63) is 35.4 Å². The van der Waals surface area contributed by atoms with Crippen molar-refractivity contribution < 1.29 is 0 Å². The second kappa shape index (κ2) is 5.90. The Morgan fingerprint density at radius 3 is 2.54 bits per heavy atom. The van der Waals surface area contributed by atoms with Crippen LogP contribution in [-0.2, 0) is 0 Å². The number of rotatable bonds is 4. The van der Waals surface area contributed by atoms with Gasteiger partial charge in [0.1, 0.15) is 0 Å². The standard InChI is InChI=1S/C10H13BrCl2/c1-4-10(3,13)9(12)6-5-8(2)7-11/h4-7,9H,1H2,2-3H3. The van der Waals surface area contributed by atoms with Gasteiger partial charge in [0.2, 0.25) is 0 Å². The molecule has 0 aliphatic rings. The van der Waals surface area contributed by atoms with Crippen molar-refractivity contribution in [1.82, 2.24) is 0 Å². The van der Waals surface area contributed by atoms with Gasteiger partial charge in [0.15, 0.2) is 0 Å². The molecule has 0 radical (unpaired) electrons. The van der Waals surface area contributed by atoms with E-state index in [0.717, 1.165) is 5.57 Å². The van der Waals surface area contributed by atoms with Crippen LogP contribution in [0, 0.1) is 0 Å². The molecule has 2 unspecified atom stereocenters. The first kappa shape index (κ1) is 13.3. The predicted molar refractivity (Wildman–Crippen MR) is 65.9 cm³/mol. The van der Waals surface area contributed by atoms with E-state index < -0.39 is 4.87 Å². The summed E-state index contributed by atoms with van der Waals surface area (Å²) < 4.78 is 0. The molecular weight excluding hydrogens is 271 g/mol. The second-order valence-corrected chi connectivity index (χ2v) is 4.71. The first-order valence-electron chi connectivity index (χ1n) is 3.86. The zero-order valence-corrected chi connectivity index (χ0v) is 10.8. The minimum atomic E-state index is -0.593. The van der Waals surface area contributed by atoms with E-state index >= 15 is 0 Å². The Kier molecular flexibility index (Phi) is 6.02. The minimum absolute atomic E-state index is 0.255. The van der Waals surface area contributed by atoms with Gasteiger partial charge in [-0.25, -0.2) is 0 Å². The van der Waals surface area contributed by atoms with Crippen molar-refractivity contribution in [2.24, 2.45) is 0 Å². The normalized spacial score (nSPS) is 19.9. The van der Waals surface area contributed by atoms with Gasteiger partial charge in [0.25, 0.3) is 0 Å². The van der Waals surface area contributed by atoms with Crippen LogP contribution in [0.25, 0.3) is 0 Å². The Morgan fingerprint density at radius 2 is 2.15 bits per heavy atom. The van der Waals surface area contributed by atoms with Gasteiger partial charge in [-0.1, -0.05) is 34.2 Å². The summed E-state index contributed by atoms with van der Waals surface area (Å²) in [6.45, 7) is 7.42. The molecule has 0 aromatic heterocycles. The number of hydrogen-bond donors (Lipinski definition) is 0. The van der Waals surface area contributed by atoms with Crippen molar-refractivity contribution >= 4 is 39.1 Å². The van der Waals surface area contributed by atoms with Gasteiger partial charge in [-0.15, -0.1) is 29.8 Å². The smallest absolute Gasteiger partial charge is 0.0793 e. The third kappa shape index (κ3) is 4.90. The van der Waals surface area contributed by atoms with Crippen LogP contribution in [0.4, 0.5) is 0 Å². The third-order valence-electron chi connectivity index (χ3n) is 1.64. The molecule has 0 N–H and O–H groups in total. The van der Waals surface area contributed by atoms with Gasteiger partial charge in [0, 0.05) is 0 Å². The van der Waals surface area contributed by atoms with Crippen molar-refractivity contribution in [3.63, 3.8) is 0 Å². The first-order chi connectivity index (χ1) is 5.94. The lowest BCUT2D eigenvalue weighted by atomic mass is 10.1. The number of allylic oxidation sites excluding steroid dienone is 4. The fourth-order valence-corrected chi connectivity index (χ4v) is 0.961. The monoisotopic (exact) mass is 282 g/mol. The molecule has 0 amide bonds. The molecule has 0 rings (SSSR count). The Morgan fingerprint density at radius 1 is 1.62 bits per heavy atom. The van der Waals surface area contributed by atoms with Gasteiger partial charge in [0.05, 0.1) is 10.3 Å². The fourth-order valence-electron chi connectivity index (χ4n) is 0.573. The summed E-state index contributed by atoms with van der Waals surface area (Å²) >= 11 is 15.3. The highest BCUT2D eigenvalue weighted by atomic mass is 79.9. The maximum Gasteiger partial charge on any atom is 0.0793 e. The van der Waals surface area contributed by atoms with E-state index in [1.54, 1.807) is 6.08 Å². The molecule has 0 aliphatic carbocycles. The van der Waals surface area contributed by atoms with Crippen molar-refractivity contribution in [2.45, 2.75) is 24.1 Å². The van der Waals surface area contributed by atoms with Crippen LogP contribution in [0.2, 0.25) is 0 Å². The number of hydrogen-bond acceptors (Lipinski definition) is 0. The minimum Gasteiger partial charge on any atom is -0.116 e. The summed E-state index contributed by atoms with van der Waals surface area (Å²) in [7, 11) is 0. The van der Waals surface area contributed by atoms with Crippen LogP contribution in [0.1, 0.15) is 13.8 Å². The Bertz CT molecular complexity index is 229. The van der Waals surface area contributed by atoms with Gasteiger partial charge < -0.3 is 0 Å². The molecular formula is C10H13BrCl2. The molecule has 2 atom stereocenters. The highest BCUT2D eigenvalue weighted by Gasteiger charge is 2.24.